The second kappa shape index (κ2) is 29.3. The number of imidazole rings is 2. The van der Waals surface area contributed by atoms with Crippen LogP contribution in [0.15, 0.2) is 279 Å². The van der Waals surface area contributed by atoms with E-state index in [9.17, 15) is 20.1 Å². The predicted octanol–water partition coefficient (Wildman–Crippen LogP) is 15.4. The van der Waals surface area contributed by atoms with Crippen molar-refractivity contribution in [1.29, 1.82) is 0 Å². The summed E-state index contributed by atoms with van der Waals surface area (Å²) in [6.07, 6.45) is 1.98. The SMILES string of the molecule is CCCc1nc(C(C)(C)O)c(C(=O)OCC(C)(O)c2nc(CCC)n(Cc3ccc(-c4ccccc4)c(-c4nnn(C(c5ccccc5)(c5ccccc5)c5ccccc5)n4)c3)c2C(=O)O)n1Cc1ccc(-c2ccccc2)c(-c2nnn(C(c3ccccc3)(c3ccccc3)c3ccccc3)n2)c1. The van der Waals surface area contributed by atoms with Gasteiger partial charge in [-0.2, -0.15) is 0 Å². The highest BCUT2D eigenvalue weighted by molar-refractivity contribution is 5.90. The van der Waals surface area contributed by atoms with E-state index >= 15 is 4.79 Å². The van der Waals surface area contributed by atoms with Gasteiger partial charge in [0.15, 0.2) is 22.5 Å². The number of nitrogens with zero attached hydrogens (tertiary/aromatic N) is 12. The van der Waals surface area contributed by atoms with Gasteiger partial charge in [0.25, 0.3) is 0 Å². The fourth-order valence-corrected chi connectivity index (χ4v) is 14.3. The molecular formula is C86H78N12O6. The van der Waals surface area contributed by atoms with Crippen LogP contribution in [-0.4, -0.2) is 93.4 Å². The Morgan fingerprint density at radius 3 is 1.07 bits per heavy atom. The molecule has 0 bridgehead atoms. The molecule has 518 valence electrons. The summed E-state index contributed by atoms with van der Waals surface area (Å²) in [5.41, 5.74) is 5.29. The molecular weight excluding hydrogens is 1300 g/mol. The van der Waals surface area contributed by atoms with Gasteiger partial charge in [-0.05, 0) is 123 Å². The van der Waals surface area contributed by atoms with Crippen molar-refractivity contribution in [3.8, 4) is 45.0 Å². The van der Waals surface area contributed by atoms with Crippen molar-refractivity contribution in [2.24, 2.45) is 0 Å². The average Bonchev–Trinajstić information content (AvgIpc) is 1.27. The molecule has 104 heavy (non-hydrogen) atoms. The van der Waals surface area contributed by atoms with Crippen LogP contribution in [0.4, 0.5) is 0 Å². The minimum atomic E-state index is -2.18. The number of carbonyl (C=O) groups excluding carboxylic acids is 1. The highest BCUT2D eigenvalue weighted by Crippen LogP contribution is 2.44. The third kappa shape index (κ3) is 13.1. The van der Waals surface area contributed by atoms with Gasteiger partial charge in [0.05, 0.1) is 0 Å². The highest BCUT2D eigenvalue weighted by atomic mass is 16.5. The summed E-state index contributed by atoms with van der Waals surface area (Å²) in [5, 5.41) is 66.2. The smallest absolute Gasteiger partial charge is 0.357 e. The number of carboxylic acids is 1. The minimum Gasteiger partial charge on any atom is -0.477 e. The lowest BCUT2D eigenvalue weighted by Crippen LogP contribution is -2.39. The molecule has 18 nitrogen and oxygen atoms in total. The average molecular weight is 1380 g/mol. The number of carbonyl (C=O) groups is 2. The number of hydrogen-bond acceptors (Lipinski definition) is 13. The third-order valence-electron chi connectivity index (χ3n) is 19.1. The maximum Gasteiger partial charge on any atom is 0.357 e. The number of tetrazole rings is 2. The van der Waals surface area contributed by atoms with E-state index in [1.807, 2.05) is 220 Å². The molecule has 0 aliphatic rings. The van der Waals surface area contributed by atoms with Gasteiger partial charge in [-0.1, -0.05) is 281 Å². The van der Waals surface area contributed by atoms with E-state index < -0.39 is 40.8 Å². The number of rotatable bonds is 26. The summed E-state index contributed by atoms with van der Waals surface area (Å²) in [6, 6.07) is 92.4. The van der Waals surface area contributed by atoms with Gasteiger partial charge < -0.3 is 29.2 Å². The number of aliphatic hydroxyl groups is 2. The first kappa shape index (κ1) is 68.7. The Morgan fingerprint density at radius 1 is 0.413 bits per heavy atom. The number of aromatic nitrogens is 12. The van der Waals surface area contributed by atoms with Crippen LogP contribution in [0.3, 0.4) is 0 Å². The molecule has 0 saturated carbocycles. The Labute approximate surface area is 603 Å². The number of aromatic carboxylic acids is 1. The van der Waals surface area contributed by atoms with Gasteiger partial charge >= 0.3 is 11.9 Å². The first-order valence-corrected chi connectivity index (χ1v) is 35.0. The first-order chi connectivity index (χ1) is 50.6. The third-order valence-corrected chi connectivity index (χ3v) is 19.1. The van der Waals surface area contributed by atoms with E-state index in [0.29, 0.717) is 65.7 Å². The van der Waals surface area contributed by atoms with Gasteiger partial charge in [0.1, 0.15) is 40.8 Å². The summed E-state index contributed by atoms with van der Waals surface area (Å²) < 4.78 is 9.56. The lowest BCUT2D eigenvalue weighted by molar-refractivity contribution is -0.0280. The molecule has 4 heterocycles. The second-order valence-corrected chi connectivity index (χ2v) is 26.8. The lowest BCUT2D eigenvalue weighted by Gasteiger charge is -2.34. The Morgan fingerprint density at radius 2 is 0.740 bits per heavy atom. The second-order valence-electron chi connectivity index (χ2n) is 26.8. The van der Waals surface area contributed by atoms with Gasteiger partial charge in [0.2, 0.25) is 11.6 Å². The Hall–Kier alpha value is -12.4. The van der Waals surface area contributed by atoms with Crippen molar-refractivity contribution in [2.75, 3.05) is 6.61 Å². The molecule has 0 aliphatic carbocycles. The monoisotopic (exact) mass is 1370 g/mol. The maximum absolute atomic E-state index is 15.3. The summed E-state index contributed by atoms with van der Waals surface area (Å²) in [7, 11) is 0. The van der Waals surface area contributed by atoms with E-state index in [1.165, 1.54) is 6.92 Å². The van der Waals surface area contributed by atoms with Gasteiger partial charge in [-0.3, -0.25) is 0 Å². The van der Waals surface area contributed by atoms with Gasteiger partial charge in [0, 0.05) is 37.1 Å². The summed E-state index contributed by atoms with van der Waals surface area (Å²) >= 11 is 0. The van der Waals surface area contributed by atoms with Crippen LogP contribution in [0.1, 0.15) is 136 Å². The maximum atomic E-state index is 15.3. The van der Waals surface area contributed by atoms with Crippen molar-refractivity contribution in [3.05, 3.63) is 358 Å². The zero-order valence-corrected chi connectivity index (χ0v) is 58.4. The van der Waals surface area contributed by atoms with Gasteiger partial charge in [-0.15, -0.1) is 30.0 Å². The number of hydrogen-bond donors (Lipinski definition) is 3. The summed E-state index contributed by atoms with van der Waals surface area (Å²) in [6.45, 7) is 7.81. The zero-order valence-electron chi connectivity index (χ0n) is 58.4. The van der Waals surface area contributed by atoms with Crippen molar-refractivity contribution in [3.63, 3.8) is 0 Å². The number of benzene rings is 10. The molecule has 14 aromatic rings. The fraction of sp³-hybridized carbons (Fsp3) is 0.186. The molecule has 0 aliphatic heterocycles. The predicted molar refractivity (Wildman–Crippen MR) is 399 cm³/mol. The molecule has 0 spiro atoms. The zero-order chi connectivity index (χ0) is 72.0. The normalized spacial score (nSPS) is 12.5. The molecule has 1 unspecified atom stereocenters. The van der Waals surface area contributed by atoms with E-state index in [2.05, 4.69) is 72.8 Å². The van der Waals surface area contributed by atoms with Crippen LogP contribution in [-0.2, 0) is 52.9 Å². The molecule has 0 radical (unpaired) electrons. The van der Waals surface area contributed by atoms with Crippen LogP contribution in [0.5, 0.6) is 0 Å². The van der Waals surface area contributed by atoms with Crippen LogP contribution in [0.2, 0.25) is 0 Å². The molecule has 3 N–H and O–H groups in total. The topological polar surface area (TPSA) is 227 Å². The van der Waals surface area contributed by atoms with Crippen LogP contribution < -0.4 is 0 Å². The van der Waals surface area contributed by atoms with Gasteiger partial charge in [-0.25, -0.2) is 19.6 Å². The summed E-state index contributed by atoms with van der Waals surface area (Å²) in [4.78, 5) is 42.5. The van der Waals surface area contributed by atoms with Crippen LogP contribution in [0, 0.1) is 0 Å². The molecule has 4 aromatic heterocycles. The standard InChI is InChI=1S/C86H78N12O6/c1-6-32-73-87-77(83(3,4)102)76(96(73)57-60-51-53-70(62-36-18-9-19-37-62)72(55-60)80-90-94-98(92-80)86(66-44-26-13-27-45-66,67-46-28-14-29-47-67)68-48-30-15-31-49-68)82(101)104-58-84(5,103)78-75(81(99)100)95(74(88-78)33-7-2)56-59-50-52-69(61-34-16-8-17-35-61)71(54-59)79-89-93-97(91-79)85(63-38-20-10-21-39-63,64-40-22-11-23-41-64)65-42-24-12-25-43-65/h8-31,34-55,102-103H,6-7,32-33,56-58H2,1-5H3,(H,99,100). The van der Waals surface area contributed by atoms with Crippen LogP contribution in [0.25, 0.3) is 45.0 Å². The Kier molecular flexibility index (Phi) is 19.4. The molecule has 0 saturated heterocycles. The first-order valence-electron chi connectivity index (χ1n) is 35.0. The lowest BCUT2D eigenvalue weighted by atomic mass is 9.77. The van der Waals surface area contributed by atoms with Crippen molar-refractivity contribution in [1.82, 2.24) is 59.5 Å². The minimum absolute atomic E-state index is 0.00467. The van der Waals surface area contributed by atoms with Crippen molar-refractivity contribution < 1.29 is 29.6 Å². The number of carboxylic acid groups (broad SMARTS) is 1. The number of ether oxygens (including phenoxy) is 1. The number of aryl methyl sites for hydroxylation is 2. The van der Waals surface area contributed by atoms with E-state index in [1.54, 1.807) is 32.6 Å². The molecule has 1 atom stereocenters. The molecule has 0 amide bonds. The number of esters is 1. The highest BCUT2D eigenvalue weighted by Gasteiger charge is 2.44. The quantitative estimate of drug-likeness (QED) is 0.0339. The van der Waals surface area contributed by atoms with Crippen molar-refractivity contribution in [2.45, 2.75) is 95.7 Å². The van der Waals surface area contributed by atoms with Crippen LogP contribution >= 0.6 is 0 Å². The Bertz CT molecular complexity index is 5100. The molecule has 18 heteroatoms. The Balaban J connectivity index is 0.811. The molecule has 14 rings (SSSR count). The fourth-order valence-electron chi connectivity index (χ4n) is 14.3. The van der Waals surface area contributed by atoms with E-state index in [-0.39, 0.29) is 35.9 Å². The van der Waals surface area contributed by atoms with E-state index in [4.69, 9.17) is 45.5 Å². The largest absolute Gasteiger partial charge is 0.477 e. The molecule has 0 fully saturated rings. The van der Waals surface area contributed by atoms with E-state index in [0.717, 1.165) is 61.2 Å². The molecule has 10 aromatic carbocycles. The summed E-state index contributed by atoms with van der Waals surface area (Å²) in [5.74, 6) is -0.675. The van der Waals surface area contributed by atoms with Crippen molar-refractivity contribution >= 4 is 11.9 Å².